The van der Waals surface area contributed by atoms with E-state index in [-0.39, 0.29) is 11.2 Å². The predicted octanol–water partition coefficient (Wildman–Crippen LogP) is 3.57. The second-order valence-corrected chi connectivity index (χ2v) is 6.15. The Bertz CT molecular complexity index is 416. The van der Waals surface area contributed by atoms with Crippen LogP contribution in [0.2, 0.25) is 0 Å². The highest BCUT2D eigenvalue weighted by Gasteiger charge is 2.30. The average molecular weight is 280 g/mol. The van der Waals surface area contributed by atoms with Crippen molar-refractivity contribution in [3.63, 3.8) is 0 Å². The molecule has 1 fully saturated rings. The largest absolute Gasteiger partial charge is 0.497 e. The summed E-state index contributed by atoms with van der Waals surface area (Å²) >= 11 is 1.78. The summed E-state index contributed by atoms with van der Waals surface area (Å²) in [6.45, 7) is 0. The summed E-state index contributed by atoms with van der Waals surface area (Å²) < 4.78 is 5.13. The zero-order chi connectivity index (χ0) is 13.7. The van der Waals surface area contributed by atoms with E-state index < -0.39 is 5.97 Å². The van der Waals surface area contributed by atoms with Crippen molar-refractivity contribution >= 4 is 17.7 Å². The van der Waals surface area contributed by atoms with E-state index in [1.54, 1.807) is 18.9 Å². The highest BCUT2D eigenvalue weighted by molar-refractivity contribution is 7.99. The lowest BCUT2D eigenvalue weighted by Gasteiger charge is -2.28. The minimum Gasteiger partial charge on any atom is -0.497 e. The Morgan fingerprint density at radius 2 is 2.00 bits per heavy atom. The van der Waals surface area contributed by atoms with Gasteiger partial charge in [0, 0.05) is 11.0 Å². The van der Waals surface area contributed by atoms with Crippen molar-refractivity contribution in [3.05, 3.63) is 29.8 Å². The standard InChI is InChI=1S/C15H20O3S/c1-18-12-8-6-11(7-9-12)10-19-14-5-3-2-4-13(14)15(16)17/h6-9,13-14H,2-5,10H2,1H3,(H,16,17)/t13-,14-/m0/s1. The molecule has 0 aromatic heterocycles. The molecule has 0 bridgehead atoms. The number of carboxylic acid groups (broad SMARTS) is 1. The van der Waals surface area contributed by atoms with Gasteiger partial charge in [0.15, 0.2) is 0 Å². The number of methoxy groups -OCH3 is 1. The van der Waals surface area contributed by atoms with Gasteiger partial charge in [-0.1, -0.05) is 25.0 Å². The van der Waals surface area contributed by atoms with Gasteiger partial charge < -0.3 is 9.84 Å². The molecule has 0 amide bonds. The van der Waals surface area contributed by atoms with Gasteiger partial charge in [0.25, 0.3) is 0 Å². The summed E-state index contributed by atoms with van der Waals surface area (Å²) in [5, 5.41) is 9.50. The van der Waals surface area contributed by atoms with Crippen molar-refractivity contribution < 1.29 is 14.6 Å². The van der Waals surface area contributed by atoms with E-state index >= 15 is 0 Å². The molecule has 1 saturated carbocycles. The number of carboxylic acids is 1. The van der Waals surface area contributed by atoms with Gasteiger partial charge in [0.1, 0.15) is 5.75 Å². The van der Waals surface area contributed by atoms with Gasteiger partial charge in [-0.25, -0.2) is 0 Å². The summed E-state index contributed by atoms with van der Waals surface area (Å²) in [7, 11) is 1.66. The highest BCUT2D eigenvalue weighted by Crippen LogP contribution is 2.35. The Kier molecular flexibility index (Phi) is 5.14. The first-order chi connectivity index (χ1) is 9.20. The van der Waals surface area contributed by atoms with Crippen LogP contribution in [0.1, 0.15) is 31.2 Å². The molecule has 0 heterocycles. The Balaban J connectivity index is 1.90. The van der Waals surface area contributed by atoms with Crippen molar-refractivity contribution in [1.82, 2.24) is 0 Å². The first-order valence-corrected chi connectivity index (χ1v) is 7.73. The topological polar surface area (TPSA) is 46.5 Å². The van der Waals surface area contributed by atoms with Crippen LogP contribution < -0.4 is 4.74 Å². The van der Waals surface area contributed by atoms with Crippen LogP contribution in [0, 0.1) is 5.92 Å². The number of carbonyl (C=O) groups is 1. The maximum Gasteiger partial charge on any atom is 0.307 e. The van der Waals surface area contributed by atoms with Crippen LogP contribution >= 0.6 is 11.8 Å². The Morgan fingerprint density at radius 3 is 2.63 bits per heavy atom. The zero-order valence-electron chi connectivity index (χ0n) is 11.2. The molecule has 2 rings (SSSR count). The lowest BCUT2D eigenvalue weighted by molar-refractivity contribution is -0.142. The molecule has 0 unspecified atom stereocenters. The lowest BCUT2D eigenvalue weighted by atomic mass is 9.89. The molecule has 1 aliphatic rings. The number of thioether (sulfide) groups is 1. The number of ether oxygens (including phenoxy) is 1. The monoisotopic (exact) mass is 280 g/mol. The fraction of sp³-hybridized carbons (Fsp3) is 0.533. The fourth-order valence-corrected chi connectivity index (χ4v) is 3.92. The SMILES string of the molecule is COc1ccc(CS[C@H]2CCCC[C@@H]2C(=O)O)cc1. The summed E-state index contributed by atoms with van der Waals surface area (Å²) in [6, 6.07) is 7.99. The lowest BCUT2D eigenvalue weighted by Crippen LogP contribution is -2.29. The summed E-state index contributed by atoms with van der Waals surface area (Å²) in [6.07, 6.45) is 4.06. The highest BCUT2D eigenvalue weighted by atomic mass is 32.2. The van der Waals surface area contributed by atoms with Crippen molar-refractivity contribution in [1.29, 1.82) is 0 Å². The molecule has 0 saturated heterocycles. The minimum atomic E-state index is -0.632. The van der Waals surface area contributed by atoms with Crippen molar-refractivity contribution in [2.24, 2.45) is 5.92 Å². The van der Waals surface area contributed by atoms with E-state index in [1.807, 2.05) is 24.3 Å². The van der Waals surface area contributed by atoms with E-state index in [0.717, 1.165) is 37.2 Å². The first kappa shape index (κ1) is 14.3. The van der Waals surface area contributed by atoms with Crippen LogP contribution in [-0.2, 0) is 10.5 Å². The smallest absolute Gasteiger partial charge is 0.307 e. The number of hydrogen-bond donors (Lipinski definition) is 1. The molecular formula is C15H20O3S. The summed E-state index contributed by atoms with van der Waals surface area (Å²) in [4.78, 5) is 11.2. The Labute approximate surface area is 118 Å². The molecule has 104 valence electrons. The van der Waals surface area contributed by atoms with Gasteiger partial charge >= 0.3 is 5.97 Å². The third kappa shape index (κ3) is 3.90. The van der Waals surface area contributed by atoms with Gasteiger partial charge in [0.05, 0.1) is 13.0 Å². The summed E-state index contributed by atoms with van der Waals surface area (Å²) in [5.41, 5.74) is 1.22. The van der Waals surface area contributed by atoms with Crippen LogP contribution in [0.5, 0.6) is 5.75 Å². The molecule has 3 nitrogen and oxygen atoms in total. The first-order valence-electron chi connectivity index (χ1n) is 6.68. The van der Waals surface area contributed by atoms with Gasteiger partial charge in [-0.05, 0) is 30.5 Å². The van der Waals surface area contributed by atoms with Gasteiger partial charge in [-0.15, -0.1) is 0 Å². The molecular weight excluding hydrogens is 260 g/mol. The minimum absolute atomic E-state index is 0.169. The average Bonchev–Trinajstić information content (AvgIpc) is 2.46. The molecule has 19 heavy (non-hydrogen) atoms. The van der Waals surface area contributed by atoms with Crippen LogP contribution in [0.25, 0.3) is 0 Å². The van der Waals surface area contributed by atoms with Crippen molar-refractivity contribution in [2.45, 2.75) is 36.7 Å². The van der Waals surface area contributed by atoms with E-state index in [0.29, 0.717) is 0 Å². The molecule has 2 atom stereocenters. The Hall–Kier alpha value is -1.16. The number of benzene rings is 1. The molecule has 1 aliphatic carbocycles. The van der Waals surface area contributed by atoms with Crippen molar-refractivity contribution in [3.8, 4) is 5.75 Å². The van der Waals surface area contributed by atoms with Gasteiger partial charge in [0.2, 0.25) is 0 Å². The number of rotatable bonds is 5. The molecule has 4 heteroatoms. The maximum absolute atomic E-state index is 11.2. The Morgan fingerprint density at radius 1 is 1.32 bits per heavy atom. The predicted molar refractivity (Wildman–Crippen MR) is 77.7 cm³/mol. The normalized spacial score (nSPS) is 23.0. The molecule has 0 spiro atoms. The van der Waals surface area contributed by atoms with Gasteiger partial charge in [-0.2, -0.15) is 11.8 Å². The molecule has 0 radical (unpaired) electrons. The number of aliphatic carboxylic acids is 1. The quantitative estimate of drug-likeness (QED) is 0.895. The third-order valence-corrected chi connectivity index (χ3v) is 5.14. The maximum atomic E-state index is 11.2. The van der Waals surface area contributed by atoms with E-state index in [4.69, 9.17) is 4.74 Å². The molecule has 1 N–H and O–H groups in total. The van der Waals surface area contributed by atoms with Gasteiger partial charge in [-0.3, -0.25) is 4.79 Å². The molecule has 1 aromatic carbocycles. The van der Waals surface area contributed by atoms with Crippen LogP contribution in [0.4, 0.5) is 0 Å². The second-order valence-electron chi connectivity index (χ2n) is 4.93. The van der Waals surface area contributed by atoms with Crippen molar-refractivity contribution in [2.75, 3.05) is 7.11 Å². The van der Waals surface area contributed by atoms with E-state index in [9.17, 15) is 9.90 Å². The zero-order valence-corrected chi connectivity index (χ0v) is 12.0. The second kappa shape index (κ2) is 6.85. The van der Waals surface area contributed by atoms with E-state index in [1.165, 1.54) is 5.56 Å². The fourth-order valence-electron chi connectivity index (χ4n) is 2.50. The summed E-state index contributed by atoms with van der Waals surface area (Å²) in [5.74, 6) is 0.928. The van der Waals surface area contributed by atoms with E-state index in [2.05, 4.69) is 0 Å². The van der Waals surface area contributed by atoms with Crippen LogP contribution in [-0.4, -0.2) is 23.4 Å². The van der Waals surface area contributed by atoms with Crippen LogP contribution in [0.3, 0.4) is 0 Å². The van der Waals surface area contributed by atoms with Crippen LogP contribution in [0.15, 0.2) is 24.3 Å². The molecule has 0 aliphatic heterocycles. The number of hydrogen-bond acceptors (Lipinski definition) is 3. The molecule has 1 aromatic rings. The third-order valence-electron chi connectivity index (χ3n) is 3.64.